The minimum Gasteiger partial charge on any atom is -0.263 e. The first kappa shape index (κ1) is 15.1. The van der Waals surface area contributed by atoms with Crippen LogP contribution < -0.4 is 4.72 Å². The molecular weight excluding hydrogens is 325 g/mol. The number of sulfonamides is 1. The van der Waals surface area contributed by atoms with Crippen molar-refractivity contribution in [1.82, 2.24) is 4.98 Å². The van der Waals surface area contributed by atoms with E-state index in [0.717, 1.165) is 18.2 Å². The van der Waals surface area contributed by atoms with Crippen molar-refractivity contribution in [2.24, 2.45) is 0 Å². The van der Waals surface area contributed by atoms with Crippen molar-refractivity contribution in [3.8, 4) is 0 Å². The Hall–Kier alpha value is -2.26. The zero-order valence-corrected chi connectivity index (χ0v) is 11.7. The monoisotopic (exact) mass is 331 g/mol. The van der Waals surface area contributed by atoms with Gasteiger partial charge in [0, 0.05) is 11.1 Å². The highest BCUT2D eigenvalue weighted by Gasteiger charge is 2.26. The van der Waals surface area contributed by atoms with Crippen LogP contribution in [0.2, 0.25) is 5.02 Å². The van der Waals surface area contributed by atoms with E-state index in [1.165, 1.54) is 18.2 Å². The predicted octanol–water partition coefficient (Wildman–Crippen LogP) is 2.58. The zero-order chi connectivity index (χ0) is 15.6. The number of halogens is 2. The highest BCUT2D eigenvalue weighted by molar-refractivity contribution is 7.92. The molecule has 1 heterocycles. The van der Waals surface area contributed by atoms with Gasteiger partial charge < -0.3 is 0 Å². The summed E-state index contributed by atoms with van der Waals surface area (Å²) in [5.74, 6) is -1.18. The van der Waals surface area contributed by atoms with E-state index in [4.69, 9.17) is 11.6 Å². The van der Waals surface area contributed by atoms with Gasteiger partial charge in [-0.15, -0.1) is 0 Å². The highest BCUT2D eigenvalue weighted by Crippen LogP contribution is 2.28. The van der Waals surface area contributed by atoms with Crippen molar-refractivity contribution in [3.05, 3.63) is 57.5 Å². The van der Waals surface area contributed by atoms with Gasteiger partial charge in [-0.2, -0.15) is 4.39 Å². The first-order valence-corrected chi connectivity index (χ1v) is 7.25. The number of nitrogens with zero attached hydrogens (tertiary/aromatic N) is 2. The topological polar surface area (TPSA) is 102 Å². The molecule has 0 bridgehead atoms. The van der Waals surface area contributed by atoms with Crippen LogP contribution in [0, 0.1) is 16.1 Å². The van der Waals surface area contributed by atoms with Crippen molar-refractivity contribution in [1.29, 1.82) is 0 Å². The van der Waals surface area contributed by atoms with E-state index in [1.54, 1.807) is 0 Å². The molecule has 7 nitrogen and oxygen atoms in total. The molecule has 2 aromatic rings. The van der Waals surface area contributed by atoms with Crippen molar-refractivity contribution >= 4 is 33.1 Å². The van der Waals surface area contributed by atoms with E-state index in [0.29, 0.717) is 0 Å². The number of hydrogen-bond acceptors (Lipinski definition) is 5. The number of nitrogens with one attached hydrogen (secondary N) is 1. The second-order valence-electron chi connectivity index (χ2n) is 3.82. The lowest BCUT2D eigenvalue weighted by molar-refractivity contribution is -0.387. The molecule has 10 heteroatoms. The third-order valence-electron chi connectivity index (χ3n) is 2.36. The number of benzene rings is 1. The van der Waals surface area contributed by atoms with Gasteiger partial charge in [-0.3, -0.25) is 14.8 Å². The lowest BCUT2D eigenvalue weighted by Gasteiger charge is -2.07. The maximum absolute atomic E-state index is 12.9. The standard InChI is InChI=1S/C11H7ClFN3O4S/c12-7-4-5-9(8(6-7)16(17)18)21(19,20)15-11-3-1-2-10(13)14-11/h1-6H,(H,14,15). The molecule has 0 spiro atoms. The highest BCUT2D eigenvalue weighted by atomic mass is 35.5. The maximum atomic E-state index is 12.9. The molecule has 0 aliphatic carbocycles. The molecule has 0 amide bonds. The fourth-order valence-electron chi connectivity index (χ4n) is 1.52. The van der Waals surface area contributed by atoms with Gasteiger partial charge in [0.05, 0.1) is 4.92 Å². The Balaban J connectivity index is 2.47. The number of nitro groups is 1. The number of anilines is 1. The Kier molecular flexibility index (Phi) is 4.05. The van der Waals surface area contributed by atoms with Crippen LogP contribution in [0.4, 0.5) is 15.9 Å². The van der Waals surface area contributed by atoms with Crippen LogP contribution in [0.15, 0.2) is 41.3 Å². The minimum absolute atomic E-state index is 0.0181. The van der Waals surface area contributed by atoms with Crippen molar-refractivity contribution in [3.63, 3.8) is 0 Å². The van der Waals surface area contributed by atoms with E-state index in [9.17, 15) is 22.9 Å². The SMILES string of the molecule is O=[N+]([O-])c1cc(Cl)ccc1S(=O)(=O)Nc1cccc(F)n1. The van der Waals surface area contributed by atoms with Crippen molar-refractivity contribution in [2.45, 2.75) is 4.90 Å². The first-order chi connectivity index (χ1) is 9.79. The van der Waals surface area contributed by atoms with Crippen LogP contribution in [0.3, 0.4) is 0 Å². The number of nitro benzene ring substituents is 1. The third kappa shape index (κ3) is 3.44. The number of rotatable bonds is 4. The molecule has 0 aliphatic rings. The Morgan fingerprint density at radius 3 is 2.62 bits per heavy atom. The molecule has 110 valence electrons. The number of hydrogen-bond donors (Lipinski definition) is 1. The lowest BCUT2D eigenvalue weighted by atomic mass is 10.3. The van der Waals surface area contributed by atoms with Gasteiger partial charge >= 0.3 is 0 Å². The molecule has 21 heavy (non-hydrogen) atoms. The molecule has 0 aliphatic heterocycles. The maximum Gasteiger partial charge on any atom is 0.291 e. The summed E-state index contributed by atoms with van der Waals surface area (Å²) in [5.41, 5.74) is -0.689. The summed E-state index contributed by atoms with van der Waals surface area (Å²) in [5, 5.41) is 10.9. The Morgan fingerprint density at radius 2 is 2.00 bits per heavy atom. The average molecular weight is 332 g/mol. The van der Waals surface area contributed by atoms with E-state index in [-0.39, 0.29) is 10.8 Å². The van der Waals surface area contributed by atoms with E-state index in [2.05, 4.69) is 4.98 Å². The van der Waals surface area contributed by atoms with E-state index < -0.39 is 31.5 Å². The Labute approximate surface area is 123 Å². The fourth-order valence-corrected chi connectivity index (χ4v) is 2.84. The summed E-state index contributed by atoms with van der Waals surface area (Å²) in [7, 11) is -4.30. The molecule has 2 rings (SSSR count). The van der Waals surface area contributed by atoms with Gasteiger partial charge in [-0.25, -0.2) is 13.4 Å². The third-order valence-corrected chi connectivity index (χ3v) is 4.00. The van der Waals surface area contributed by atoms with E-state index in [1.807, 2.05) is 4.72 Å². The second-order valence-corrected chi connectivity index (χ2v) is 5.91. The molecule has 1 aromatic carbocycles. The Bertz CT molecular complexity index is 813. The molecule has 0 unspecified atom stereocenters. The summed E-state index contributed by atoms with van der Waals surface area (Å²) in [6, 6.07) is 6.58. The van der Waals surface area contributed by atoms with Crippen LogP contribution in [-0.4, -0.2) is 18.3 Å². The van der Waals surface area contributed by atoms with Crippen LogP contribution in [0.5, 0.6) is 0 Å². The summed E-state index contributed by atoms with van der Waals surface area (Å²) >= 11 is 5.61. The van der Waals surface area contributed by atoms with E-state index >= 15 is 0 Å². The van der Waals surface area contributed by atoms with Gasteiger partial charge in [-0.1, -0.05) is 17.7 Å². The molecule has 0 saturated heterocycles. The molecule has 0 saturated carbocycles. The van der Waals surface area contributed by atoms with Gasteiger partial charge in [0.1, 0.15) is 5.82 Å². The zero-order valence-electron chi connectivity index (χ0n) is 10.2. The number of pyridine rings is 1. The fraction of sp³-hybridized carbons (Fsp3) is 0. The van der Waals surface area contributed by atoms with Gasteiger partial charge in [-0.05, 0) is 24.3 Å². The molecular formula is C11H7ClFN3O4S. The summed E-state index contributed by atoms with van der Waals surface area (Å²) in [4.78, 5) is 12.8. The Morgan fingerprint density at radius 1 is 1.29 bits per heavy atom. The second kappa shape index (κ2) is 5.62. The molecule has 1 aromatic heterocycles. The van der Waals surface area contributed by atoms with Crippen molar-refractivity contribution in [2.75, 3.05) is 4.72 Å². The summed E-state index contributed by atoms with van der Waals surface area (Å²) in [6.07, 6.45) is 0. The predicted molar refractivity (Wildman–Crippen MR) is 73.1 cm³/mol. The van der Waals surface area contributed by atoms with Crippen molar-refractivity contribution < 1.29 is 17.7 Å². The van der Waals surface area contributed by atoms with Gasteiger partial charge in [0.15, 0.2) is 4.90 Å². The smallest absolute Gasteiger partial charge is 0.263 e. The van der Waals surface area contributed by atoms with Crippen LogP contribution >= 0.6 is 11.6 Å². The first-order valence-electron chi connectivity index (χ1n) is 5.39. The molecule has 1 N–H and O–H groups in total. The van der Waals surface area contributed by atoms with Crippen LogP contribution in [-0.2, 0) is 10.0 Å². The van der Waals surface area contributed by atoms with Crippen LogP contribution in [0.1, 0.15) is 0 Å². The molecule has 0 radical (unpaired) electrons. The molecule has 0 atom stereocenters. The minimum atomic E-state index is -4.30. The lowest BCUT2D eigenvalue weighted by Crippen LogP contribution is -2.15. The summed E-state index contributed by atoms with van der Waals surface area (Å²) in [6.45, 7) is 0. The normalized spacial score (nSPS) is 11.1. The quantitative estimate of drug-likeness (QED) is 0.527. The van der Waals surface area contributed by atoms with Gasteiger partial charge in [0.2, 0.25) is 5.95 Å². The average Bonchev–Trinajstić information content (AvgIpc) is 2.37. The largest absolute Gasteiger partial charge is 0.291 e. The van der Waals surface area contributed by atoms with Gasteiger partial charge in [0.25, 0.3) is 15.7 Å². The molecule has 0 fully saturated rings. The van der Waals surface area contributed by atoms with Crippen LogP contribution in [0.25, 0.3) is 0 Å². The summed E-state index contributed by atoms with van der Waals surface area (Å²) < 4.78 is 39.2. The number of aromatic nitrogens is 1.